The van der Waals surface area contributed by atoms with Crippen LogP contribution in [-0.2, 0) is 13.1 Å². The van der Waals surface area contributed by atoms with Crippen molar-refractivity contribution in [3.63, 3.8) is 0 Å². The maximum absolute atomic E-state index is 16.4. The third-order valence-electron chi connectivity index (χ3n) is 31.1. The summed E-state index contributed by atoms with van der Waals surface area (Å²) in [6.45, 7) is 21.3. The lowest BCUT2D eigenvalue weighted by molar-refractivity contribution is 0.0583. The zero-order chi connectivity index (χ0) is 103. The van der Waals surface area contributed by atoms with Gasteiger partial charge in [0.1, 0.15) is 0 Å². The summed E-state index contributed by atoms with van der Waals surface area (Å²) in [4.78, 5) is 68.2. The molecule has 12 nitrogen and oxygen atoms in total. The minimum Gasteiger partial charge on any atom is -0.490 e. The monoisotopic (exact) mass is 2000 g/mol. The van der Waals surface area contributed by atoms with Crippen LogP contribution < -0.4 is 28.4 Å². The molecule has 0 radical (unpaired) electrons. The Morgan fingerprint density at radius 1 is 0.199 bits per heavy atom. The van der Waals surface area contributed by atoms with Gasteiger partial charge in [0.2, 0.25) is 11.5 Å². The van der Waals surface area contributed by atoms with Crippen LogP contribution >= 0.6 is 0 Å². The van der Waals surface area contributed by atoms with E-state index in [1.54, 1.807) is 0 Å². The van der Waals surface area contributed by atoms with Crippen LogP contribution in [0.4, 0.5) is 0 Å². The van der Waals surface area contributed by atoms with Crippen LogP contribution in [0.1, 0.15) is 620 Å². The van der Waals surface area contributed by atoms with Gasteiger partial charge in [-0.25, -0.2) is 0 Å². The van der Waals surface area contributed by atoms with E-state index in [1.165, 1.54) is 357 Å². The second-order valence-corrected chi connectivity index (χ2v) is 44.0. The molecule has 0 N–H and O–H groups in total. The predicted octanol–water partition coefficient (Wildman–Crippen LogP) is 40.9. The number of hydrogen-bond donors (Lipinski definition) is 0. The molecular weight excluding hydrogens is 1800 g/mol. The summed E-state index contributed by atoms with van der Waals surface area (Å²) in [5.74, 6) is 16.8. The van der Waals surface area contributed by atoms with E-state index in [9.17, 15) is 0 Å². The standard InChI is InChI=1S/C134H206N2O10/c1-9-17-25-33-41-49-57-65-73-81-89-111-105-117-125-115(131(137)135(133(117)139)107-109-101-119(141-95-83-75-67-59-51-43-35-27-19-11-3)129(145-99-87-79-71-63-55-47-39-31-23-15-7)120(102-109)142-96-84-76-68-60-52-44-36-28-20-12-4)94-92-114-124-112(90-82-74-66-58-50-42-34-26-18-10-2)106-118-126-116(93-91-113(128(124)126)123(111)127(114)125)132(138)136(134(118)140)108-110-103-121(143-97-85-77-69-61-53-45-37-29-21-13-5)130(146-100-88-80-72-64-56-48-40-32-24-16-8)122(104-110)144-98-86-78-70-62-54-46-38-30-22-14-6/h91-94,101-106H,9-80,83-88,95-100,107-108H2,1-8H3. The minimum atomic E-state index is -0.399. The van der Waals surface area contributed by atoms with Gasteiger partial charge in [-0.3, -0.25) is 29.0 Å². The van der Waals surface area contributed by atoms with Gasteiger partial charge in [0.25, 0.3) is 23.6 Å². The predicted molar refractivity (Wildman–Crippen MR) is 621 cm³/mol. The van der Waals surface area contributed by atoms with Crippen LogP contribution in [0.15, 0.2) is 60.7 Å². The highest BCUT2D eigenvalue weighted by Crippen LogP contribution is 2.51. The van der Waals surface area contributed by atoms with Crippen LogP contribution in [-0.4, -0.2) is 73.1 Å². The van der Waals surface area contributed by atoms with Crippen molar-refractivity contribution in [2.24, 2.45) is 0 Å². The maximum atomic E-state index is 16.4. The summed E-state index contributed by atoms with van der Waals surface area (Å²) in [6, 6.07) is 19.9. The number of nitrogens with zero attached hydrogens (tertiary/aromatic N) is 2. The van der Waals surface area contributed by atoms with E-state index < -0.39 is 11.8 Å². The number of unbranched alkanes of at least 4 members (excludes halogenated alkanes) is 70. The third-order valence-corrected chi connectivity index (χ3v) is 31.1. The van der Waals surface area contributed by atoms with E-state index >= 15 is 19.2 Å². The molecule has 12 heteroatoms. The Bertz CT molecular complexity index is 4500. The number of amides is 4. The van der Waals surface area contributed by atoms with Crippen molar-refractivity contribution in [1.82, 2.24) is 9.80 Å². The highest BCUT2D eigenvalue weighted by Gasteiger charge is 2.40. The lowest BCUT2D eigenvalue weighted by Crippen LogP contribution is -2.40. The number of fused-ring (bicyclic) bond motifs is 2. The smallest absolute Gasteiger partial charge is 0.261 e. The maximum Gasteiger partial charge on any atom is 0.261 e. The van der Waals surface area contributed by atoms with Crippen molar-refractivity contribution in [2.45, 2.75) is 569 Å². The summed E-state index contributed by atoms with van der Waals surface area (Å²) in [7, 11) is 0. The van der Waals surface area contributed by atoms with Crippen LogP contribution in [0.25, 0.3) is 43.1 Å². The Morgan fingerprint density at radius 3 is 0.610 bits per heavy atom. The van der Waals surface area contributed by atoms with Crippen molar-refractivity contribution in [2.75, 3.05) is 39.6 Å². The molecule has 9 rings (SSSR count). The van der Waals surface area contributed by atoms with Crippen molar-refractivity contribution in [1.29, 1.82) is 0 Å². The largest absolute Gasteiger partial charge is 0.490 e. The van der Waals surface area contributed by atoms with E-state index in [-0.39, 0.29) is 24.9 Å². The van der Waals surface area contributed by atoms with E-state index in [1.807, 2.05) is 48.5 Å². The van der Waals surface area contributed by atoms with Gasteiger partial charge in [-0.05, 0) is 122 Å². The Labute approximate surface area is 890 Å². The molecule has 0 saturated heterocycles. The molecule has 0 spiro atoms. The van der Waals surface area contributed by atoms with Gasteiger partial charge in [0.05, 0.1) is 52.7 Å². The molecule has 0 atom stereocenters. The third kappa shape index (κ3) is 43.1. The zero-order valence-electron chi connectivity index (χ0n) is 94.6. The quantitative estimate of drug-likeness (QED) is 0.0119. The van der Waals surface area contributed by atoms with Crippen molar-refractivity contribution in [3.05, 3.63) is 105 Å². The first-order valence-corrected chi connectivity index (χ1v) is 62.2. The lowest BCUT2D eigenvalue weighted by Gasteiger charge is -2.31. The van der Waals surface area contributed by atoms with Gasteiger partial charge in [-0.1, -0.05) is 528 Å². The fourth-order valence-corrected chi connectivity index (χ4v) is 22.2. The van der Waals surface area contributed by atoms with Gasteiger partial charge in [-0.2, -0.15) is 0 Å². The molecule has 146 heavy (non-hydrogen) atoms. The van der Waals surface area contributed by atoms with Crippen LogP contribution in [0.5, 0.6) is 34.5 Å². The fourth-order valence-electron chi connectivity index (χ4n) is 22.2. The molecular formula is C134H206N2O10. The SMILES string of the molecule is CCCCCCCCCCC#Cc1cc2c3c(ccc4c5c(C#CCCCCCCCCCC)cc6c7c(ccc(c1c34)c75)C(=O)N(Cc1cc(OCCCCCCCCCCCC)c(OCCCCCCCCCCCC)c(OCCCCCCCCCCCC)c1)C6=O)C(=O)N(Cc1cc(OCCCCCCCCCCCC)c(OCCCCCCCCCCCC)c(OCCCCCCCCCCCC)c1)C2=O. The van der Waals surface area contributed by atoms with Gasteiger partial charge in [0.15, 0.2) is 23.0 Å². The molecule has 0 aromatic heterocycles. The summed E-state index contributed by atoms with van der Waals surface area (Å²) in [5.41, 5.74) is 4.45. The Kier molecular flexibility index (Phi) is 63.7. The highest BCUT2D eigenvalue weighted by atomic mass is 16.5. The minimum absolute atomic E-state index is 0.0309. The Hall–Kier alpha value is -7.96. The number of rotatable bonds is 92. The van der Waals surface area contributed by atoms with Crippen LogP contribution in [0.3, 0.4) is 0 Å². The van der Waals surface area contributed by atoms with Crippen molar-refractivity contribution in [3.8, 4) is 58.2 Å². The summed E-state index contributed by atoms with van der Waals surface area (Å²) < 4.78 is 41.7. The number of carbonyl (C=O) groups is 4. The topological polar surface area (TPSA) is 130 Å². The molecule has 812 valence electrons. The molecule has 2 aliphatic rings. The fraction of sp³-hybridized carbons (Fsp3) is 0.701. The first kappa shape index (κ1) is 122. The van der Waals surface area contributed by atoms with E-state index in [0.29, 0.717) is 131 Å². The average molecular weight is 2010 g/mol. The van der Waals surface area contributed by atoms with Gasteiger partial charge in [-0.15, -0.1) is 0 Å². The first-order valence-electron chi connectivity index (χ1n) is 62.2. The summed E-state index contributed by atoms with van der Waals surface area (Å²) in [5, 5.41) is 5.86. The number of hydrogen-bond acceptors (Lipinski definition) is 10. The molecule has 0 bridgehead atoms. The lowest BCUT2D eigenvalue weighted by atomic mass is 9.79. The second-order valence-electron chi connectivity index (χ2n) is 44.0. The number of benzene rings is 7. The number of carbonyl (C=O) groups excluding carboxylic acids is 4. The summed E-state index contributed by atoms with van der Waals surface area (Å²) >= 11 is 0. The zero-order valence-corrected chi connectivity index (χ0v) is 94.6. The van der Waals surface area contributed by atoms with Gasteiger partial charge >= 0.3 is 0 Å². The van der Waals surface area contributed by atoms with Gasteiger partial charge < -0.3 is 28.4 Å². The molecule has 7 aromatic carbocycles. The van der Waals surface area contributed by atoms with E-state index in [0.717, 1.165) is 185 Å². The molecule has 2 aliphatic heterocycles. The highest BCUT2D eigenvalue weighted by molar-refractivity contribution is 6.42. The Morgan fingerprint density at radius 2 is 0.390 bits per heavy atom. The number of imide groups is 2. The molecule has 0 aliphatic carbocycles. The average Bonchev–Trinajstić information content (AvgIpc) is 0.679. The summed E-state index contributed by atoms with van der Waals surface area (Å²) in [6.07, 6.45) is 93.1. The van der Waals surface area contributed by atoms with E-state index in [4.69, 9.17) is 28.4 Å². The normalized spacial score (nSPS) is 12.5. The van der Waals surface area contributed by atoms with Gasteiger partial charge in [0, 0.05) is 78.5 Å². The van der Waals surface area contributed by atoms with Crippen molar-refractivity contribution >= 4 is 66.7 Å². The molecule has 0 saturated carbocycles. The van der Waals surface area contributed by atoms with Crippen LogP contribution in [0.2, 0.25) is 0 Å². The van der Waals surface area contributed by atoms with E-state index in [2.05, 4.69) is 91.2 Å². The van der Waals surface area contributed by atoms with Crippen molar-refractivity contribution < 1.29 is 47.6 Å². The first-order chi connectivity index (χ1) is 72.1. The molecule has 0 unspecified atom stereocenters. The molecule has 2 heterocycles. The molecule has 7 aromatic rings. The van der Waals surface area contributed by atoms with Crippen LogP contribution in [0, 0.1) is 23.7 Å². The number of ether oxygens (including phenoxy) is 6. The second kappa shape index (κ2) is 76.5. The Balaban J connectivity index is 1.13. The molecule has 4 amide bonds. The molecule has 0 fully saturated rings.